The highest BCUT2D eigenvalue weighted by atomic mass is 32.2. The molecule has 0 saturated carbocycles. The van der Waals surface area contributed by atoms with Crippen molar-refractivity contribution in [2.24, 2.45) is 4.99 Å². The summed E-state index contributed by atoms with van der Waals surface area (Å²) in [5, 5.41) is 4.20. The highest BCUT2D eigenvalue weighted by Gasteiger charge is 2.26. The van der Waals surface area contributed by atoms with Gasteiger partial charge in [0, 0.05) is 43.3 Å². The molecule has 0 atom stereocenters. The summed E-state index contributed by atoms with van der Waals surface area (Å²) >= 11 is 3.28. The van der Waals surface area contributed by atoms with Crippen LogP contribution in [0.15, 0.2) is 81.4 Å². The predicted octanol–water partition coefficient (Wildman–Crippen LogP) is 4.17. The molecule has 176 valence electrons. The van der Waals surface area contributed by atoms with Crippen LogP contribution < -0.4 is 4.80 Å². The third-order valence-electron chi connectivity index (χ3n) is 5.56. The fraction of sp³-hybridized carbons (Fsp3) is 0.250. The first kappa shape index (κ1) is 23.1. The Labute approximate surface area is 206 Å². The van der Waals surface area contributed by atoms with Crippen LogP contribution in [0, 0.1) is 0 Å². The second-order valence-corrected chi connectivity index (χ2v) is 11.4. The first-order valence-corrected chi connectivity index (χ1v) is 14.2. The van der Waals surface area contributed by atoms with Crippen molar-refractivity contribution >= 4 is 38.4 Å². The lowest BCUT2D eigenvalue weighted by Crippen LogP contribution is -2.40. The van der Waals surface area contributed by atoms with Gasteiger partial charge in [0.25, 0.3) is 0 Å². The number of pyridine rings is 1. The highest BCUT2D eigenvalue weighted by molar-refractivity contribution is 7.89. The molecule has 34 heavy (non-hydrogen) atoms. The van der Waals surface area contributed by atoms with Gasteiger partial charge in [0.05, 0.1) is 34.4 Å². The largest absolute Gasteiger partial charge is 0.379 e. The van der Waals surface area contributed by atoms with Crippen molar-refractivity contribution in [1.82, 2.24) is 13.9 Å². The van der Waals surface area contributed by atoms with E-state index >= 15 is 0 Å². The van der Waals surface area contributed by atoms with Gasteiger partial charge in [0.1, 0.15) is 0 Å². The van der Waals surface area contributed by atoms with Gasteiger partial charge in [-0.05, 0) is 47.8 Å². The van der Waals surface area contributed by atoms with Crippen LogP contribution in [0.5, 0.6) is 0 Å². The second-order valence-electron chi connectivity index (χ2n) is 7.73. The smallest absolute Gasteiger partial charge is 0.243 e. The van der Waals surface area contributed by atoms with Crippen molar-refractivity contribution in [1.29, 1.82) is 0 Å². The molecule has 0 bridgehead atoms. The fourth-order valence-corrected chi connectivity index (χ4v) is 6.95. The Bertz CT molecular complexity index is 1390. The van der Waals surface area contributed by atoms with Crippen LogP contribution in [0.4, 0.5) is 5.69 Å². The normalized spacial score (nSPS) is 15.6. The van der Waals surface area contributed by atoms with Gasteiger partial charge in [-0.1, -0.05) is 12.1 Å². The number of aromatic nitrogens is 2. The van der Waals surface area contributed by atoms with E-state index in [1.807, 2.05) is 30.5 Å². The number of rotatable bonds is 7. The average molecular weight is 513 g/mol. The van der Waals surface area contributed by atoms with E-state index in [1.165, 1.54) is 9.18 Å². The Hall–Kier alpha value is -2.63. The van der Waals surface area contributed by atoms with Crippen molar-refractivity contribution in [2.75, 3.05) is 26.3 Å². The Morgan fingerprint density at radius 2 is 1.82 bits per heavy atom. The lowest BCUT2D eigenvalue weighted by molar-refractivity contribution is 0.0730. The lowest BCUT2D eigenvalue weighted by Gasteiger charge is -2.26. The number of aryl methyl sites for hydroxylation is 1. The van der Waals surface area contributed by atoms with Crippen molar-refractivity contribution < 1.29 is 13.2 Å². The second kappa shape index (κ2) is 10.3. The zero-order valence-electron chi connectivity index (χ0n) is 18.4. The van der Waals surface area contributed by atoms with Crippen LogP contribution in [-0.4, -0.2) is 48.6 Å². The molecule has 0 radical (unpaired) electrons. The summed E-state index contributed by atoms with van der Waals surface area (Å²) in [4.78, 5) is 11.6. The minimum atomic E-state index is -3.52. The predicted molar refractivity (Wildman–Crippen MR) is 135 cm³/mol. The maximum Gasteiger partial charge on any atom is 0.243 e. The van der Waals surface area contributed by atoms with Gasteiger partial charge >= 0.3 is 0 Å². The van der Waals surface area contributed by atoms with Crippen molar-refractivity contribution in [2.45, 2.75) is 17.9 Å². The van der Waals surface area contributed by atoms with Crippen LogP contribution in [0.3, 0.4) is 0 Å². The molecular weight excluding hydrogens is 488 g/mol. The molecule has 3 aromatic heterocycles. The summed E-state index contributed by atoms with van der Waals surface area (Å²) in [5.74, 6) is 0. The van der Waals surface area contributed by atoms with Crippen LogP contribution >= 0.6 is 22.7 Å². The Morgan fingerprint density at radius 1 is 1.00 bits per heavy atom. The molecule has 0 unspecified atom stereocenters. The molecule has 0 amide bonds. The molecule has 1 aliphatic rings. The highest BCUT2D eigenvalue weighted by Crippen LogP contribution is 2.26. The van der Waals surface area contributed by atoms with E-state index in [9.17, 15) is 8.42 Å². The van der Waals surface area contributed by atoms with Gasteiger partial charge in [0.15, 0.2) is 4.80 Å². The van der Waals surface area contributed by atoms with Gasteiger partial charge in [-0.2, -0.15) is 4.31 Å². The molecule has 4 aromatic rings. The van der Waals surface area contributed by atoms with Gasteiger partial charge in [-0.25, -0.2) is 13.4 Å². The minimum absolute atomic E-state index is 0.279. The third kappa shape index (κ3) is 5.06. The number of thiophene rings is 1. The number of benzene rings is 1. The number of hydrogen-bond acceptors (Lipinski definition) is 7. The molecule has 4 heterocycles. The fourth-order valence-electron chi connectivity index (χ4n) is 3.77. The number of nitrogens with zero attached hydrogens (tertiary/aromatic N) is 4. The van der Waals surface area contributed by atoms with Crippen molar-refractivity contribution in [3.05, 3.63) is 82.0 Å². The summed E-state index contributed by atoms with van der Waals surface area (Å²) in [6.45, 7) is 2.36. The van der Waals surface area contributed by atoms with Gasteiger partial charge < -0.3 is 9.30 Å². The molecule has 1 fully saturated rings. The summed E-state index contributed by atoms with van der Waals surface area (Å²) < 4.78 is 34.8. The third-order valence-corrected chi connectivity index (χ3v) is 9.23. The van der Waals surface area contributed by atoms with Crippen molar-refractivity contribution in [3.8, 4) is 10.6 Å². The number of sulfonamides is 1. The summed E-state index contributed by atoms with van der Waals surface area (Å²) in [7, 11) is -3.52. The Balaban J connectivity index is 1.44. The molecule has 0 spiro atoms. The first-order chi connectivity index (χ1) is 16.6. The van der Waals surface area contributed by atoms with Crippen molar-refractivity contribution in [3.63, 3.8) is 0 Å². The van der Waals surface area contributed by atoms with Gasteiger partial charge in [0.2, 0.25) is 10.0 Å². The minimum Gasteiger partial charge on any atom is -0.379 e. The topological polar surface area (TPSA) is 76.8 Å². The number of thiazole rings is 1. The molecule has 5 rings (SSSR count). The quantitative estimate of drug-likeness (QED) is 0.372. The molecule has 1 saturated heterocycles. The number of hydrogen-bond donors (Lipinski definition) is 0. The summed E-state index contributed by atoms with van der Waals surface area (Å²) in [5.41, 5.74) is 2.87. The SMILES string of the molecule is O=S(=O)(c1ccc(N=c2scc(-c3cccs3)n2CCc2ccccn2)cc1)N1CCOCC1. The maximum atomic E-state index is 12.9. The molecule has 0 aliphatic carbocycles. The average Bonchev–Trinajstić information content (AvgIpc) is 3.54. The Kier molecular flexibility index (Phi) is 7.02. The van der Waals surface area contributed by atoms with E-state index < -0.39 is 10.0 Å². The zero-order chi connectivity index (χ0) is 23.4. The van der Waals surface area contributed by atoms with Crippen LogP contribution in [-0.2, 0) is 27.7 Å². The lowest BCUT2D eigenvalue weighted by atomic mass is 10.2. The summed E-state index contributed by atoms with van der Waals surface area (Å²) in [6, 6.07) is 16.9. The first-order valence-electron chi connectivity index (χ1n) is 11.0. The van der Waals surface area contributed by atoms with E-state index in [1.54, 1.807) is 46.9 Å². The van der Waals surface area contributed by atoms with E-state index in [2.05, 4.69) is 26.4 Å². The van der Waals surface area contributed by atoms with Crippen LogP contribution in [0.25, 0.3) is 10.6 Å². The maximum absolute atomic E-state index is 12.9. The number of ether oxygens (including phenoxy) is 1. The van der Waals surface area contributed by atoms with Gasteiger partial charge in [-0.15, -0.1) is 22.7 Å². The Morgan fingerprint density at radius 3 is 2.53 bits per heavy atom. The van der Waals surface area contributed by atoms with E-state index in [4.69, 9.17) is 9.73 Å². The summed E-state index contributed by atoms with van der Waals surface area (Å²) in [6.07, 6.45) is 2.60. The zero-order valence-corrected chi connectivity index (χ0v) is 20.9. The molecule has 10 heteroatoms. The number of morpholine rings is 1. The molecule has 7 nitrogen and oxygen atoms in total. The molecule has 0 N–H and O–H groups in total. The molecule has 1 aromatic carbocycles. The van der Waals surface area contributed by atoms with E-state index in [0.29, 0.717) is 32.0 Å². The molecular formula is C24H24N4O3S3. The van der Waals surface area contributed by atoms with Crippen LogP contribution in [0.2, 0.25) is 0 Å². The van der Waals surface area contributed by atoms with Crippen LogP contribution in [0.1, 0.15) is 5.69 Å². The standard InChI is InChI=1S/C24H24N4O3S3/c29-34(30,27-13-15-31-16-14-27)21-8-6-20(7-9-21)26-24-28(12-10-19-4-1-2-11-25-19)22(18-33-24)23-5-3-17-32-23/h1-9,11,17-18H,10,12-16H2. The van der Waals surface area contributed by atoms with Gasteiger partial charge in [-0.3, -0.25) is 4.98 Å². The monoisotopic (exact) mass is 512 g/mol. The van der Waals surface area contributed by atoms with E-state index in [-0.39, 0.29) is 4.90 Å². The van der Waals surface area contributed by atoms with E-state index in [0.717, 1.165) is 29.2 Å². The molecule has 1 aliphatic heterocycles.